The standard InChI is InChI=1S/C24H28F5N3O7S2/c1-22(2,31-40(5,34)35)12-15-13-32(41(36,37)16-7-8-17(25)18(26)11-16)19-10-14(6-9-20(19)38-15)30-21(33)39-23(3,4)24(27,28)29/h6-11,15,31H,12-13H2,1-5H3,(H,30,33)/t15-/m0/s1. The van der Waals surface area contributed by atoms with Gasteiger partial charge >= 0.3 is 12.3 Å². The lowest BCUT2D eigenvalue weighted by Crippen LogP contribution is -2.51. The summed E-state index contributed by atoms with van der Waals surface area (Å²) in [7, 11) is -8.28. The van der Waals surface area contributed by atoms with Crippen molar-refractivity contribution in [3.05, 3.63) is 48.0 Å². The predicted octanol–water partition coefficient (Wildman–Crippen LogP) is 4.53. The highest BCUT2D eigenvalue weighted by Gasteiger charge is 2.51. The minimum absolute atomic E-state index is 0.0395. The van der Waals surface area contributed by atoms with E-state index in [0.29, 0.717) is 26.0 Å². The summed E-state index contributed by atoms with van der Waals surface area (Å²) in [6.07, 6.45) is -6.41. The van der Waals surface area contributed by atoms with Gasteiger partial charge in [-0.2, -0.15) is 13.2 Å². The number of carbonyl (C=O) groups excluding carboxylic acids is 1. The Labute approximate surface area is 233 Å². The third kappa shape index (κ3) is 7.77. The number of ether oxygens (including phenoxy) is 2. The second kappa shape index (κ2) is 10.9. The van der Waals surface area contributed by atoms with Crippen LogP contribution in [0.5, 0.6) is 5.75 Å². The first-order valence-electron chi connectivity index (χ1n) is 11.8. The quantitative estimate of drug-likeness (QED) is 0.411. The zero-order valence-electron chi connectivity index (χ0n) is 22.5. The van der Waals surface area contributed by atoms with Crippen LogP contribution >= 0.6 is 0 Å². The number of anilines is 2. The number of hydrogen-bond acceptors (Lipinski definition) is 7. The molecule has 17 heteroatoms. The Hall–Kier alpha value is -3.18. The van der Waals surface area contributed by atoms with E-state index in [0.717, 1.165) is 22.7 Å². The maximum Gasteiger partial charge on any atom is 0.427 e. The van der Waals surface area contributed by atoms with Crippen molar-refractivity contribution in [1.82, 2.24) is 4.72 Å². The second-order valence-corrected chi connectivity index (χ2v) is 14.1. The Kier molecular flexibility index (Phi) is 8.60. The van der Waals surface area contributed by atoms with E-state index >= 15 is 0 Å². The summed E-state index contributed by atoms with van der Waals surface area (Å²) in [4.78, 5) is 11.6. The normalized spacial score (nSPS) is 16.5. The van der Waals surface area contributed by atoms with Crippen LogP contribution in [0.1, 0.15) is 34.1 Å². The molecule has 0 saturated heterocycles. The van der Waals surface area contributed by atoms with Gasteiger partial charge in [0.1, 0.15) is 11.9 Å². The van der Waals surface area contributed by atoms with E-state index in [4.69, 9.17) is 4.74 Å². The molecule has 2 aromatic carbocycles. The maximum atomic E-state index is 14.0. The fourth-order valence-corrected chi connectivity index (χ4v) is 6.63. The molecule has 0 fully saturated rings. The first-order chi connectivity index (χ1) is 18.5. The first-order valence-corrected chi connectivity index (χ1v) is 15.2. The Morgan fingerprint density at radius 1 is 1.02 bits per heavy atom. The SMILES string of the molecule is CC(C)(C[C@H]1CN(S(=O)(=O)c2ccc(F)c(F)c2)c2cc(NC(=O)OC(C)(C)C(F)(F)F)ccc2O1)NS(C)(=O)=O. The van der Waals surface area contributed by atoms with Crippen LogP contribution in [0.25, 0.3) is 0 Å². The summed E-state index contributed by atoms with van der Waals surface area (Å²) in [5.41, 5.74) is -4.30. The summed E-state index contributed by atoms with van der Waals surface area (Å²) in [5, 5.41) is 2.10. The average Bonchev–Trinajstić information content (AvgIpc) is 2.77. The van der Waals surface area contributed by atoms with Crippen molar-refractivity contribution in [2.75, 3.05) is 22.4 Å². The number of carbonyl (C=O) groups is 1. The van der Waals surface area contributed by atoms with Gasteiger partial charge in [-0.3, -0.25) is 9.62 Å². The van der Waals surface area contributed by atoms with E-state index in [1.54, 1.807) is 13.8 Å². The number of halogens is 5. The molecule has 2 aromatic rings. The number of nitrogens with zero attached hydrogens (tertiary/aromatic N) is 1. The van der Waals surface area contributed by atoms with Crippen LogP contribution in [0, 0.1) is 11.6 Å². The molecule has 0 saturated carbocycles. The summed E-state index contributed by atoms with van der Waals surface area (Å²) < 4.78 is 131. The maximum absolute atomic E-state index is 14.0. The average molecular weight is 630 g/mol. The van der Waals surface area contributed by atoms with Gasteiger partial charge in [0.05, 0.1) is 23.4 Å². The number of amides is 1. The molecule has 0 aliphatic carbocycles. The number of sulfonamides is 2. The van der Waals surface area contributed by atoms with Crippen molar-refractivity contribution in [3.8, 4) is 5.75 Å². The second-order valence-electron chi connectivity index (χ2n) is 10.5. The zero-order valence-corrected chi connectivity index (χ0v) is 24.1. The highest BCUT2D eigenvalue weighted by atomic mass is 32.2. The summed E-state index contributed by atoms with van der Waals surface area (Å²) in [6, 6.07) is 5.47. The van der Waals surface area contributed by atoms with E-state index < -0.39 is 72.6 Å². The minimum atomic E-state index is -4.88. The molecule has 0 radical (unpaired) electrons. The van der Waals surface area contributed by atoms with Crippen molar-refractivity contribution in [1.29, 1.82) is 0 Å². The van der Waals surface area contributed by atoms with E-state index in [-0.39, 0.29) is 23.5 Å². The molecule has 0 bridgehead atoms. The van der Waals surface area contributed by atoms with Crippen LogP contribution in [-0.2, 0) is 24.8 Å². The molecule has 1 heterocycles. The van der Waals surface area contributed by atoms with Crippen LogP contribution in [0.4, 0.5) is 38.1 Å². The molecule has 1 aliphatic heterocycles. The zero-order chi connectivity index (χ0) is 31.2. The van der Waals surface area contributed by atoms with Crippen LogP contribution in [-0.4, -0.2) is 59.1 Å². The lowest BCUT2D eigenvalue weighted by atomic mass is 9.97. The molecule has 3 rings (SSSR count). The van der Waals surface area contributed by atoms with Gasteiger partial charge in [-0.1, -0.05) is 0 Å². The lowest BCUT2D eigenvalue weighted by Gasteiger charge is -2.38. The molecule has 2 N–H and O–H groups in total. The van der Waals surface area contributed by atoms with Crippen molar-refractivity contribution >= 4 is 37.5 Å². The summed E-state index contributed by atoms with van der Waals surface area (Å²) in [6.45, 7) is 3.94. The summed E-state index contributed by atoms with van der Waals surface area (Å²) >= 11 is 0. The molecular weight excluding hydrogens is 601 g/mol. The fourth-order valence-electron chi connectivity index (χ4n) is 4.03. The molecule has 228 valence electrons. The van der Waals surface area contributed by atoms with Gasteiger partial charge in [-0.05, 0) is 64.1 Å². The largest absolute Gasteiger partial charge is 0.486 e. The number of alkyl halides is 3. The van der Waals surface area contributed by atoms with Gasteiger partial charge in [0, 0.05) is 17.6 Å². The van der Waals surface area contributed by atoms with Gasteiger partial charge in [-0.15, -0.1) is 0 Å². The fraction of sp³-hybridized carbons (Fsp3) is 0.458. The van der Waals surface area contributed by atoms with Gasteiger partial charge in [0.15, 0.2) is 11.6 Å². The third-order valence-electron chi connectivity index (χ3n) is 5.85. The van der Waals surface area contributed by atoms with Crippen LogP contribution < -0.4 is 19.1 Å². The molecular formula is C24H28F5N3O7S2. The van der Waals surface area contributed by atoms with E-state index in [9.17, 15) is 43.6 Å². The highest BCUT2D eigenvalue weighted by Crippen LogP contribution is 2.41. The molecule has 10 nitrogen and oxygen atoms in total. The Morgan fingerprint density at radius 2 is 1.66 bits per heavy atom. The smallest absolute Gasteiger partial charge is 0.427 e. The van der Waals surface area contributed by atoms with Gasteiger partial charge in [0.25, 0.3) is 10.0 Å². The number of hydrogen-bond donors (Lipinski definition) is 2. The molecule has 1 amide bonds. The van der Waals surface area contributed by atoms with E-state index in [2.05, 4.69) is 14.8 Å². The minimum Gasteiger partial charge on any atom is -0.486 e. The number of fused-ring (bicyclic) bond motifs is 1. The van der Waals surface area contributed by atoms with Crippen LogP contribution in [0.2, 0.25) is 0 Å². The van der Waals surface area contributed by atoms with E-state index in [1.807, 2.05) is 0 Å². The topological polar surface area (TPSA) is 131 Å². The predicted molar refractivity (Wildman–Crippen MR) is 139 cm³/mol. The van der Waals surface area contributed by atoms with Crippen molar-refractivity contribution < 1.29 is 53.1 Å². The highest BCUT2D eigenvalue weighted by molar-refractivity contribution is 7.92. The van der Waals surface area contributed by atoms with Crippen LogP contribution in [0.15, 0.2) is 41.3 Å². The Bertz CT molecular complexity index is 1550. The molecule has 1 atom stereocenters. The molecule has 1 aliphatic rings. The molecule has 0 aromatic heterocycles. The number of rotatable bonds is 8. The molecule has 0 spiro atoms. The van der Waals surface area contributed by atoms with Crippen LogP contribution in [0.3, 0.4) is 0 Å². The lowest BCUT2D eigenvalue weighted by molar-refractivity contribution is -0.242. The molecule has 0 unspecified atom stereocenters. The van der Waals surface area contributed by atoms with Crippen molar-refractivity contribution in [3.63, 3.8) is 0 Å². The monoisotopic (exact) mass is 629 g/mol. The van der Waals surface area contributed by atoms with Gasteiger partial charge in [0.2, 0.25) is 15.6 Å². The molecule has 41 heavy (non-hydrogen) atoms. The Balaban J connectivity index is 2.01. The number of nitrogens with one attached hydrogen (secondary N) is 2. The summed E-state index contributed by atoms with van der Waals surface area (Å²) in [5.74, 6) is -2.78. The number of benzene rings is 2. The first kappa shape index (κ1) is 32.3. The third-order valence-corrected chi connectivity index (χ3v) is 8.55. The van der Waals surface area contributed by atoms with Gasteiger partial charge < -0.3 is 9.47 Å². The van der Waals surface area contributed by atoms with Crippen molar-refractivity contribution in [2.24, 2.45) is 0 Å². The van der Waals surface area contributed by atoms with E-state index in [1.165, 1.54) is 12.1 Å². The van der Waals surface area contributed by atoms with Crippen molar-refractivity contribution in [2.45, 2.75) is 62.4 Å². The van der Waals surface area contributed by atoms with Gasteiger partial charge in [-0.25, -0.2) is 35.1 Å². The Morgan fingerprint density at radius 3 is 2.22 bits per heavy atom.